The summed E-state index contributed by atoms with van der Waals surface area (Å²) in [5.74, 6) is -0.351. The zero-order valence-electron chi connectivity index (χ0n) is 18.5. The van der Waals surface area contributed by atoms with Gasteiger partial charge in [-0.3, -0.25) is 25.0 Å². The molecule has 1 atom stereocenters. The van der Waals surface area contributed by atoms with Crippen molar-refractivity contribution >= 4 is 29.5 Å². The number of rotatable bonds is 6. The van der Waals surface area contributed by atoms with Gasteiger partial charge < -0.3 is 14.4 Å². The molecule has 2 aliphatic heterocycles. The third-order valence-corrected chi connectivity index (χ3v) is 5.70. The van der Waals surface area contributed by atoms with Gasteiger partial charge >= 0.3 is 6.09 Å². The number of nitrogens with zero attached hydrogens (tertiary/aromatic N) is 1. The third kappa shape index (κ3) is 4.82. The van der Waals surface area contributed by atoms with Crippen LogP contribution in [-0.2, 0) is 27.5 Å². The minimum absolute atomic E-state index is 0.0189. The van der Waals surface area contributed by atoms with E-state index in [0.29, 0.717) is 42.1 Å². The average molecular weight is 451 g/mol. The van der Waals surface area contributed by atoms with E-state index in [0.717, 1.165) is 11.1 Å². The van der Waals surface area contributed by atoms with Crippen molar-refractivity contribution in [1.29, 1.82) is 0 Å². The second-order valence-corrected chi connectivity index (χ2v) is 8.01. The lowest BCUT2D eigenvalue weighted by atomic mass is 10.0. The number of fused-ring (bicyclic) bond motifs is 1. The van der Waals surface area contributed by atoms with Crippen molar-refractivity contribution in [2.75, 3.05) is 11.9 Å². The molecule has 4 amide bonds. The van der Waals surface area contributed by atoms with Crippen LogP contribution < -0.4 is 15.4 Å². The van der Waals surface area contributed by atoms with Gasteiger partial charge in [0.1, 0.15) is 18.4 Å². The van der Waals surface area contributed by atoms with Gasteiger partial charge in [0.15, 0.2) is 0 Å². The number of carbonyl (C=O) groups excluding carboxylic acids is 4. The van der Waals surface area contributed by atoms with Crippen molar-refractivity contribution in [3.8, 4) is 5.75 Å². The summed E-state index contributed by atoms with van der Waals surface area (Å²) in [5, 5.41) is 4.96. The topological polar surface area (TPSA) is 114 Å². The highest BCUT2D eigenvalue weighted by atomic mass is 16.5. The van der Waals surface area contributed by atoms with Gasteiger partial charge in [-0.25, -0.2) is 4.79 Å². The third-order valence-electron chi connectivity index (χ3n) is 5.70. The van der Waals surface area contributed by atoms with Crippen LogP contribution in [0.1, 0.15) is 46.8 Å². The standard InChI is InChI=1S/C24H25N3O6/c1-3-32-20-11-17(7-4-14(20)2)25-24(31)33-13-15-5-6-16-12-27(23(30)18(16)10-15)19-8-9-21(28)26-22(19)29/h4-7,10-11,19H,3,8-9,12-13H2,1-2H3,(H,25,31)(H,26,28,29). The molecule has 2 heterocycles. The molecule has 0 saturated carbocycles. The molecule has 2 aromatic rings. The monoisotopic (exact) mass is 451 g/mol. The van der Waals surface area contributed by atoms with Gasteiger partial charge in [-0.05, 0) is 49.1 Å². The SMILES string of the molecule is CCOc1cc(NC(=O)OCc2ccc3c(c2)C(=O)N(C2CCC(=O)NC2=O)C3)ccc1C. The molecule has 33 heavy (non-hydrogen) atoms. The maximum Gasteiger partial charge on any atom is 0.411 e. The Labute approximate surface area is 191 Å². The molecule has 4 rings (SSSR count). The van der Waals surface area contributed by atoms with E-state index in [-0.39, 0.29) is 24.8 Å². The van der Waals surface area contributed by atoms with E-state index < -0.39 is 18.0 Å². The first-order valence-corrected chi connectivity index (χ1v) is 10.8. The largest absolute Gasteiger partial charge is 0.494 e. The van der Waals surface area contributed by atoms with Crippen molar-refractivity contribution in [3.05, 3.63) is 58.7 Å². The Morgan fingerprint density at radius 2 is 2.00 bits per heavy atom. The van der Waals surface area contributed by atoms with Gasteiger partial charge in [0.25, 0.3) is 5.91 Å². The average Bonchev–Trinajstić information content (AvgIpc) is 3.10. The molecule has 2 N–H and O–H groups in total. The minimum atomic E-state index is -0.663. The van der Waals surface area contributed by atoms with Crippen molar-refractivity contribution in [3.63, 3.8) is 0 Å². The first kappa shape index (κ1) is 22.3. The second kappa shape index (κ2) is 9.32. The van der Waals surface area contributed by atoms with E-state index in [2.05, 4.69) is 10.6 Å². The summed E-state index contributed by atoms with van der Waals surface area (Å²) in [5.41, 5.74) is 3.44. The molecule has 1 fully saturated rings. The Kier molecular flexibility index (Phi) is 6.30. The van der Waals surface area contributed by atoms with Gasteiger partial charge in [0.2, 0.25) is 11.8 Å². The fourth-order valence-corrected chi connectivity index (χ4v) is 3.98. The van der Waals surface area contributed by atoms with Gasteiger partial charge in [0, 0.05) is 30.3 Å². The predicted molar refractivity (Wildman–Crippen MR) is 119 cm³/mol. The van der Waals surface area contributed by atoms with Crippen LogP contribution in [0.5, 0.6) is 5.75 Å². The Bertz CT molecular complexity index is 1130. The molecule has 1 unspecified atom stereocenters. The first-order chi connectivity index (χ1) is 15.9. The molecule has 0 aromatic heterocycles. The van der Waals surface area contributed by atoms with Crippen LogP contribution in [0.4, 0.5) is 10.5 Å². The fraction of sp³-hybridized carbons (Fsp3) is 0.333. The van der Waals surface area contributed by atoms with Crippen LogP contribution >= 0.6 is 0 Å². The van der Waals surface area contributed by atoms with E-state index in [1.54, 1.807) is 30.3 Å². The van der Waals surface area contributed by atoms with Crippen molar-refractivity contribution in [2.24, 2.45) is 0 Å². The van der Waals surface area contributed by atoms with Crippen LogP contribution in [0.2, 0.25) is 0 Å². The number of benzene rings is 2. The summed E-state index contributed by atoms with van der Waals surface area (Å²) >= 11 is 0. The van der Waals surface area contributed by atoms with E-state index in [9.17, 15) is 19.2 Å². The van der Waals surface area contributed by atoms with Gasteiger partial charge in [-0.2, -0.15) is 0 Å². The molecule has 0 spiro atoms. The lowest BCUT2D eigenvalue weighted by Crippen LogP contribution is -2.52. The maximum atomic E-state index is 12.9. The molecule has 0 bridgehead atoms. The number of piperidine rings is 1. The molecule has 0 radical (unpaired) electrons. The Hall–Kier alpha value is -3.88. The number of carbonyl (C=O) groups is 4. The number of anilines is 1. The lowest BCUT2D eigenvalue weighted by molar-refractivity contribution is -0.136. The van der Waals surface area contributed by atoms with Crippen molar-refractivity contribution in [2.45, 2.75) is 45.9 Å². The second-order valence-electron chi connectivity index (χ2n) is 8.01. The first-order valence-electron chi connectivity index (χ1n) is 10.8. The highest BCUT2D eigenvalue weighted by molar-refractivity contribution is 6.05. The number of amides is 4. The zero-order valence-corrected chi connectivity index (χ0v) is 18.5. The summed E-state index contributed by atoms with van der Waals surface area (Å²) in [6, 6.07) is 9.94. The van der Waals surface area contributed by atoms with Gasteiger partial charge in [-0.15, -0.1) is 0 Å². The number of hydrogen-bond donors (Lipinski definition) is 2. The number of imide groups is 1. The molecular weight excluding hydrogens is 426 g/mol. The Morgan fingerprint density at radius 3 is 2.76 bits per heavy atom. The normalized spacial score (nSPS) is 17.5. The van der Waals surface area contributed by atoms with Crippen LogP contribution in [0, 0.1) is 6.92 Å². The number of hydrogen-bond acceptors (Lipinski definition) is 6. The molecule has 0 aliphatic carbocycles. The highest BCUT2D eigenvalue weighted by Gasteiger charge is 2.39. The van der Waals surface area contributed by atoms with Gasteiger partial charge in [-0.1, -0.05) is 18.2 Å². The molecule has 9 heteroatoms. The minimum Gasteiger partial charge on any atom is -0.494 e. The number of ether oxygens (including phenoxy) is 2. The quantitative estimate of drug-likeness (QED) is 0.653. The van der Waals surface area contributed by atoms with Crippen LogP contribution in [-0.4, -0.2) is 41.4 Å². The molecular formula is C24H25N3O6. The maximum absolute atomic E-state index is 12.9. The Morgan fingerprint density at radius 1 is 1.18 bits per heavy atom. The van der Waals surface area contributed by atoms with Crippen LogP contribution in [0.15, 0.2) is 36.4 Å². The smallest absolute Gasteiger partial charge is 0.411 e. The summed E-state index contributed by atoms with van der Waals surface area (Å²) in [4.78, 5) is 50.2. The summed E-state index contributed by atoms with van der Waals surface area (Å²) in [6.07, 6.45) is -0.110. The predicted octanol–water partition coefficient (Wildman–Crippen LogP) is 2.90. The fourth-order valence-electron chi connectivity index (χ4n) is 3.98. The summed E-state index contributed by atoms with van der Waals surface area (Å²) in [7, 11) is 0. The molecule has 1 saturated heterocycles. The molecule has 2 aromatic carbocycles. The van der Waals surface area contributed by atoms with Crippen molar-refractivity contribution in [1.82, 2.24) is 10.2 Å². The molecule has 2 aliphatic rings. The van der Waals surface area contributed by atoms with Gasteiger partial charge in [0.05, 0.1) is 6.61 Å². The number of nitrogens with one attached hydrogen (secondary N) is 2. The van der Waals surface area contributed by atoms with E-state index in [1.807, 2.05) is 19.9 Å². The van der Waals surface area contributed by atoms with E-state index in [1.165, 1.54) is 4.90 Å². The number of aryl methyl sites for hydroxylation is 1. The van der Waals surface area contributed by atoms with Crippen LogP contribution in [0.25, 0.3) is 0 Å². The highest BCUT2D eigenvalue weighted by Crippen LogP contribution is 2.28. The van der Waals surface area contributed by atoms with Crippen LogP contribution in [0.3, 0.4) is 0 Å². The summed E-state index contributed by atoms with van der Waals surface area (Å²) in [6.45, 7) is 4.61. The molecule has 172 valence electrons. The molecule has 9 nitrogen and oxygen atoms in total. The van der Waals surface area contributed by atoms with E-state index >= 15 is 0 Å². The summed E-state index contributed by atoms with van der Waals surface area (Å²) < 4.78 is 10.8. The van der Waals surface area contributed by atoms with Crippen molar-refractivity contribution < 1.29 is 28.7 Å². The Balaban J connectivity index is 1.37. The van der Waals surface area contributed by atoms with E-state index in [4.69, 9.17) is 9.47 Å². The zero-order chi connectivity index (χ0) is 23.5. The lowest BCUT2D eigenvalue weighted by Gasteiger charge is -2.29.